The van der Waals surface area contributed by atoms with E-state index >= 15 is 0 Å². The average molecular weight is 186 g/mol. The highest BCUT2D eigenvalue weighted by Crippen LogP contribution is 2.15. The van der Waals surface area contributed by atoms with Crippen molar-refractivity contribution in [3.8, 4) is 0 Å². The van der Waals surface area contributed by atoms with Gasteiger partial charge in [0.15, 0.2) is 0 Å². The molecule has 0 saturated carbocycles. The normalized spacial score (nSPS) is 34.2. The molecule has 0 aromatic carbocycles. The number of hydrogen-bond donors (Lipinski definition) is 3. The second-order valence-electron chi connectivity index (χ2n) is 4.14. The van der Waals surface area contributed by atoms with Crippen LogP contribution >= 0.6 is 0 Å². The van der Waals surface area contributed by atoms with Crippen LogP contribution in [-0.4, -0.2) is 36.4 Å². The first-order valence-corrected chi connectivity index (χ1v) is 5.30. The summed E-state index contributed by atoms with van der Waals surface area (Å²) in [5, 5.41) is 16.5. The number of piperazine rings is 1. The Morgan fingerprint density at radius 2 is 2.08 bits per heavy atom. The van der Waals surface area contributed by atoms with Crippen LogP contribution in [0.5, 0.6) is 0 Å². The Morgan fingerprint density at radius 3 is 2.46 bits per heavy atom. The van der Waals surface area contributed by atoms with E-state index in [-0.39, 0.29) is 6.10 Å². The van der Waals surface area contributed by atoms with E-state index < -0.39 is 0 Å². The van der Waals surface area contributed by atoms with Crippen molar-refractivity contribution >= 4 is 0 Å². The highest BCUT2D eigenvalue weighted by Gasteiger charge is 2.26. The molecule has 0 spiro atoms. The van der Waals surface area contributed by atoms with Gasteiger partial charge in [0.05, 0.1) is 6.10 Å². The van der Waals surface area contributed by atoms with Gasteiger partial charge in [-0.15, -0.1) is 0 Å². The lowest BCUT2D eigenvalue weighted by Gasteiger charge is -2.35. The summed E-state index contributed by atoms with van der Waals surface area (Å²) in [4.78, 5) is 0. The Hall–Kier alpha value is -0.120. The highest BCUT2D eigenvalue weighted by molar-refractivity contribution is 4.86. The lowest BCUT2D eigenvalue weighted by molar-refractivity contribution is 0.0891. The minimum Gasteiger partial charge on any atom is -0.393 e. The molecule has 13 heavy (non-hydrogen) atoms. The van der Waals surface area contributed by atoms with E-state index in [4.69, 9.17) is 0 Å². The smallest absolute Gasteiger partial charge is 0.0555 e. The molecule has 1 saturated heterocycles. The van der Waals surface area contributed by atoms with Crippen molar-refractivity contribution in [1.29, 1.82) is 0 Å². The number of aliphatic hydroxyl groups is 1. The first-order chi connectivity index (χ1) is 6.15. The first kappa shape index (κ1) is 11.0. The largest absolute Gasteiger partial charge is 0.393 e. The van der Waals surface area contributed by atoms with Crippen LogP contribution in [0.15, 0.2) is 0 Å². The van der Waals surface area contributed by atoms with Crippen LogP contribution in [0, 0.1) is 5.92 Å². The van der Waals surface area contributed by atoms with Gasteiger partial charge in [-0.05, 0) is 20.3 Å². The average Bonchev–Trinajstić information content (AvgIpc) is 2.09. The molecular weight excluding hydrogens is 164 g/mol. The molecule has 4 atom stereocenters. The molecule has 1 fully saturated rings. The molecule has 3 heteroatoms. The molecule has 1 rings (SSSR count). The molecule has 0 bridgehead atoms. The summed E-state index contributed by atoms with van der Waals surface area (Å²) in [6.07, 6.45) is 0.823. The highest BCUT2D eigenvalue weighted by atomic mass is 16.3. The van der Waals surface area contributed by atoms with Crippen molar-refractivity contribution in [1.82, 2.24) is 10.6 Å². The molecule has 0 radical (unpaired) electrons. The second-order valence-corrected chi connectivity index (χ2v) is 4.14. The predicted octanol–water partition coefficient (Wildman–Crippen LogP) is 0.343. The van der Waals surface area contributed by atoms with E-state index in [0.29, 0.717) is 18.0 Å². The van der Waals surface area contributed by atoms with E-state index in [9.17, 15) is 5.11 Å². The standard InChI is InChI=1S/C10H22N2O/c1-4-9(8(3)13)10-6-11-7(2)5-12-10/h7-13H,4-6H2,1-3H3. The minimum atomic E-state index is -0.210. The van der Waals surface area contributed by atoms with Gasteiger partial charge in [0.2, 0.25) is 0 Å². The monoisotopic (exact) mass is 186 g/mol. The molecule has 0 aromatic heterocycles. The molecule has 0 aromatic rings. The maximum Gasteiger partial charge on any atom is 0.0555 e. The number of hydrogen-bond acceptors (Lipinski definition) is 3. The van der Waals surface area contributed by atoms with E-state index in [1.165, 1.54) is 0 Å². The minimum absolute atomic E-state index is 0.210. The van der Waals surface area contributed by atoms with Crippen LogP contribution in [0.1, 0.15) is 27.2 Å². The van der Waals surface area contributed by atoms with E-state index in [2.05, 4.69) is 24.5 Å². The van der Waals surface area contributed by atoms with Crippen LogP contribution < -0.4 is 10.6 Å². The first-order valence-electron chi connectivity index (χ1n) is 5.30. The maximum atomic E-state index is 9.56. The lowest BCUT2D eigenvalue weighted by atomic mass is 9.90. The molecule has 1 aliphatic rings. The van der Waals surface area contributed by atoms with Gasteiger partial charge in [-0.2, -0.15) is 0 Å². The van der Waals surface area contributed by atoms with Crippen molar-refractivity contribution in [2.45, 2.75) is 45.4 Å². The molecule has 0 aliphatic carbocycles. The SMILES string of the molecule is CCC(C(C)O)C1CNC(C)CN1. The van der Waals surface area contributed by atoms with Crippen molar-refractivity contribution in [3.05, 3.63) is 0 Å². The van der Waals surface area contributed by atoms with Gasteiger partial charge in [0.25, 0.3) is 0 Å². The third-order valence-electron chi connectivity index (χ3n) is 2.98. The van der Waals surface area contributed by atoms with E-state index in [0.717, 1.165) is 19.5 Å². The van der Waals surface area contributed by atoms with Crippen molar-refractivity contribution < 1.29 is 5.11 Å². The van der Waals surface area contributed by atoms with Crippen molar-refractivity contribution in [3.63, 3.8) is 0 Å². The number of nitrogens with one attached hydrogen (secondary N) is 2. The molecule has 1 aliphatic heterocycles. The zero-order chi connectivity index (χ0) is 9.84. The summed E-state index contributed by atoms with van der Waals surface area (Å²) < 4.78 is 0. The van der Waals surface area contributed by atoms with Crippen molar-refractivity contribution in [2.75, 3.05) is 13.1 Å². The third-order valence-corrected chi connectivity index (χ3v) is 2.98. The third kappa shape index (κ3) is 2.93. The Morgan fingerprint density at radius 1 is 1.38 bits per heavy atom. The van der Waals surface area contributed by atoms with Crippen LogP contribution in [0.4, 0.5) is 0 Å². The van der Waals surface area contributed by atoms with Crippen LogP contribution in [-0.2, 0) is 0 Å². The second kappa shape index (κ2) is 4.94. The Kier molecular flexibility index (Phi) is 4.16. The van der Waals surface area contributed by atoms with Crippen LogP contribution in [0.2, 0.25) is 0 Å². The molecule has 3 N–H and O–H groups in total. The molecule has 78 valence electrons. The molecule has 1 heterocycles. The molecule has 0 amide bonds. The van der Waals surface area contributed by atoms with Gasteiger partial charge in [0, 0.05) is 31.1 Å². The van der Waals surface area contributed by atoms with Gasteiger partial charge in [-0.1, -0.05) is 6.92 Å². The van der Waals surface area contributed by atoms with Gasteiger partial charge in [0.1, 0.15) is 0 Å². The van der Waals surface area contributed by atoms with Crippen molar-refractivity contribution in [2.24, 2.45) is 5.92 Å². The van der Waals surface area contributed by atoms with Gasteiger partial charge in [-0.25, -0.2) is 0 Å². The zero-order valence-corrected chi connectivity index (χ0v) is 8.88. The van der Waals surface area contributed by atoms with Gasteiger partial charge in [-0.3, -0.25) is 0 Å². The fourth-order valence-electron chi connectivity index (χ4n) is 2.07. The lowest BCUT2D eigenvalue weighted by Crippen LogP contribution is -2.57. The molecule has 4 unspecified atom stereocenters. The maximum absolute atomic E-state index is 9.56. The van der Waals surface area contributed by atoms with Gasteiger partial charge < -0.3 is 15.7 Å². The van der Waals surface area contributed by atoms with Crippen LogP contribution in [0.3, 0.4) is 0 Å². The van der Waals surface area contributed by atoms with E-state index in [1.807, 2.05) is 6.92 Å². The summed E-state index contributed by atoms with van der Waals surface area (Å²) in [6.45, 7) is 8.18. The van der Waals surface area contributed by atoms with Crippen LogP contribution in [0.25, 0.3) is 0 Å². The zero-order valence-electron chi connectivity index (χ0n) is 8.88. The number of aliphatic hydroxyl groups excluding tert-OH is 1. The molecular formula is C10H22N2O. The van der Waals surface area contributed by atoms with E-state index in [1.54, 1.807) is 0 Å². The molecule has 3 nitrogen and oxygen atoms in total. The summed E-state index contributed by atoms with van der Waals surface area (Å²) >= 11 is 0. The predicted molar refractivity (Wildman–Crippen MR) is 54.7 cm³/mol. The summed E-state index contributed by atoms with van der Waals surface area (Å²) in [7, 11) is 0. The van der Waals surface area contributed by atoms with Gasteiger partial charge >= 0.3 is 0 Å². The number of rotatable bonds is 3. The Bertz CT molecular complexity index is 142. The fraction of sp³-hybridized carbons (Fsp3) is 1.00. The summed E-state index contributed by atoms with van der Waals surface area (Å²) in [5.41, 5.74) is 0. The quantitative estimate of drug-likeness (QED) is 0.595. The Labute approximate surface area is 80.9 Å². The topological polar surface area (TPSA) is 44.3 Å². The summed E-state index contributed by atoms with van der Waals surface area (Å²) in [5.74, 6) is 0.375. The Balaban J connectivity index is 2.41. The fourth-order valence-corrected chi connectivity index (χ4v) is 2.07. The summed E-state index contributed by atoms with van der Waals surface area (Å²) in [6, 6.07) is 0.990.